The number of nitrogens with two attached hydrogens (primary N) is 1. The Hall–Kier alpha value is -1.66. The predicted molar refractivity (Wildman–Crippen MR) is 85.5 cm³/mol. The van der Waals surface area contributed by atoms with Gasteiger partial charge in [0.2, 0.25) is 0 Å². The molecule has 6 heteroatoms. The third-order valence-corrected chi connectivity index (χ3v) is 4.40. The molecule has 1 aromatic carbocycles. The Kier molecular flexibility index (Phi) is 4.59. The Balaban J connectivity index is 1.89. The van der Waals surface area contributed by atoms with Crippen LogP contribution in [0.4, 0.5) is 0 Å². The van der Waals surface area contributed by atoms with Gasteiger partial charge >= 0.3 is 0 Å². The van der Waals surface area contributed by atoms with Crippen molar-refractivity contribution in [3.63, 3.8) is 0 Å². The molecule has 0 amide bonds. The molecule has 2 N–H and O–H groups in total. The molecule has 1 unspecified atom stereocenters. The van der Waals surface area contributed by atoms with Crippen LogP contribution in [0.25, 0.3) is 11.3 Å². The normalized spacial score (nSPS) is 17.4. The van der Waals surface area contributed by atoms with Crippen LogP contribution < -0.4 is 9.32 Å². The number of aromatic nitrogens is 1. The summed E-state index contributed by atoms with van der Waals surface area (Å²) in [5.41, 5.74) is 2.02. The maximum absolute atomic E-state index is 10.9. The van der Waals surface area contributed by atoms with Crippen molar-refractivity contribution in [2.75, 3.05) is 0 Å². The Morgan fingerprint density at radius 2 is 1.91 bits per heavy atom. The zero-order valence-corrected chi connectivity index (χ0v) is 13.4. The average Bonchev–Trinajstić information content (AvgIpc) is 2.90. The van der Waals surface area contributed by atoms with Crippen LogP contribution in [0.1, 0.15) is 49.6 Å². The highest BCUT2D eigenvalue weighted by atomic mass is 32.2. The molecule has 0 spiro atoms. The summed E-state index contributed by atoms with van der Waals surface area (Å²) in [5.74, 6) is 2.48. The van der Waals surface area contributed by atoms with Gasteiger partial charge in [-0.05, 0) is 37.1 Å². The Morgan fingerprint density at radius 3 is 2.55 bits per heavy atom. The molecule has 1 fully saturated rings. The standard InChI is InChI=1S/C16H20N2O3S/c1-11-18-15(12-5-3-2-4-6-12)16(20-11)13-7-9-14(10-8-13)21-22(17)19/h7-10,12H,2-6,17H2,1H3. The molecule has 1 saturated carbocycles. The van der Waals surface area contributed by atoms with E-state index in [4.69, 9.17) is 13.7 Å². The van der Waals surface area contributed by atoms with Crippen molar-refractivity contribution in [1.82, 2.24) is 4.98 Å². The van der Waals surface area contributed by atoms with Gasteiger partial charge in [-0.2, -0.15) is 4.21 Å². The minimum atomic E-state index is -1.81. The lowest BCUT2D eigenvalue weighted by molar-refractivity contribution is 0.437. The highest BCUT2D eigenvalue weighted by Crippen LogP contribution is 2.38. The third-order valence-electron chi connectivity index (χ3n) is 4.05. The second kappa shape index (κ2) is 6.62. The SMILES string of the molecule is Cc1nc(C2CCCCC2)c(-c2ccc(OS(N)=O)cc2)o1. The first-order valence-corrected chi connectivity index (χ1v) is 8.69. The first-order chi connectivity index (χ1) is 10.6. The number of aryl methyl sites for hydroxylation is 1. The molecule has 5 nitrogen and oxygen atoms in total. The van der Waals surface area contributed by atoms with E-state index in [9.17, 15) is 4.21 Å². The van der Waals surface area contributed by atoms with E-state index in [2.05, 4.69) is 4.98 Å². The lowest BCUT2D eigenvalue weighted by atomic mass is 9.85. The molecule has 1 aromatic heterocycles. The van der Waals surface area contributed by atoms with Crippen LogP contribution >= 0.6 is 0 Å². The molecule has 22 heavy (non-hydrogen) atoms. The third kappa shape index (κ3) is 3.39. The van der Waals surface area contributed by atoms with Gasteiger partial charge in [-0.15, -0.1) is 0 Å². The molecular weight excluding hydrogens is 300 g/mol. The summed E-state index contributed by atoms with van der Waals surface area (Å²) in [6.07, 6.45) is 6.17. The van der Waals surface area contributed by atoms with Crippen LogP contribution in [0, 0.1) is 6.92 Å². The van der Waals surface area contributed by atoms with Crippen molar-refractivity contribution in [2.24, 2.45) is 5.14 Å². The molecule has 0 aliphatic heterocycles. The lowest BCUT2D eigenvalue weighted by Gasteiger charge is -2.20. The smallest absolute Gasteiger partial charge is 0.285 e. The fourth-order valence-electron chi connectivity index (χ4n) is 3.06. The fraction of sp³-hybridized carbons (Fsp3) is 0.438. The highest BCUT2D eigenvalue weighted by molar-refractivity contribution is 7.78. The lowest BCUT2D eigenvalue weighted by Crippen LogP contribution is -2.09. The molecule has 3 rings (SSSR count). The molecule has 1 aliphatic carbocycles. The predicted octanol–water partition coefficient (Wildman–Crippen LogP) is 3.61. The van der Waals surface area contributed by atoms with Crippen molar-refractivity contribution in [3.05, 3.63) is 35.9 Å². The van der Waals surface area contributed by atoms with Crippen LogP contribution in [0.3, 0.4) is 0 Å². The maximum atomic E-state index is 10.9. The summed E-state index contributed by atoms with van der Waals surface area (Å²) < 4.78 is 21.7. The van der Waals surface area contributed by atoms with Crippen LogP contribution in [0.2, 0.25) is 0 Å². The van der Waals surface area contributed by atoms with Crippen LogP contribution in [0.5, 0.6) is 5.75 Å². The van der Waals surface area contributed by atoms with Crippen molar-refractivity contribution < 1.29 is 12.8 Å². The van der Waals surface area contributed by atoms with E-state index in [0.29, 0.717) is 17.6 Å². The van der Waals surface area contributed by atoms with Gasteiger partial charge in [-0.1, -0.05) is 19.3 Å². The summed E-state index contributed by atoms with van der Waals surface area (Å²) in [5, 5.41) is 5.12. The van der Waals surface area contributed by atoms with E-state index in [0.717, 1.165) is 17.0 Å². The van der Waals surface area contributed by atoms with E-state index in [-0.39, 0.29) is 0 Å². The molecule has 0 saturated heterocycles. The second-order valence-corrected chi connectivity index (χ2v) is 6.34. The first-order valence-electron chi connectivity index (χ1n) is 7.56. The van der Waals surface area contributed by atoms with Gasteiger partial charge in [0.25, 0.3) is 11.3 Å². The summed E-state index contributed by atoms with van der Waals surface area (Å²) >= 11 is -1.81. The van der Waals surface area contributed by atoms with Gasteiger partial charge in [0.1, 0.15) is 5.75 Å². The van der Waals surface area contributed by atoms with Crippen LogP contribution in [0.15, 0.2) is 28.7 Å². The van der Waals surface area contributed by atoms with Gasteiger partial charge in [0.05, 0.1) is 5.69 Å². The number of rotatable bonds is 4. The van der Waals surface area contributed by atoms with Crippen molar-refractivity contribution in [3.8, 4) is 17.1 Å². The molecular formula is C16H20N2O3S. The molecule has 1 heterocycles. The van der Waals surface area contributed by atoms with E-state index in [1.807, 2.05) is 19.1 Å². The van der Waals surface area contributed by atoms with Crippen molar-refractivity contribution in [1.29, 1.82) is 0 Å². The summed E-state index contributed by atoms with van der Waals surface area (Å²) in [4.78, 5) is 4.61. The molecule has 0 radical (unpaired) electrons. The minimum Gasteiger partial charge on any atom is -0.441 e. The molecule has 1 atom stereocenters. The number of hydrogen-bond acceptors (Lipinski definition) is 4. The Labute approximate surface area is 132 Å². The van der Waals surface area contributed by atoms with Gasteiger partial charge in [-0.25, -0.2) is 10.1 Å². The molecule has 1 aliphatic rings. The van der Waals surface area contributed by atoms with E-state index in [1.165, 1.54) is 32.1 Å². The quantitative estimate of drug-likeness (QED) is 0.933. The topological polar surface area (TPSA) is 78.4 Å². The fourth-order valence-corrected chi connectivity index (χ4v) is 3.36. The summed E-state index contributed by atoms with van der Waals surface area (Å²) in [6.45, 7) is 1.88. The van der Waals surface area contributed by atoms with Gasteiger partial charge in [0, 0.05) is 18.4 Å². The van der Waals surface area contributed by atoms with E-state index >= 15 is 0 Å². The summed E-state index contributed by atoms with van der Waals surface area (Å²) in [7, 11) is 0. The summed E-state index contributed by atoms with van der Waals surface area (Å²) in [6, 6.07) is 7.24. The van der Waals surface area contributed by atoms with Gasteiger partial charge in [0.15, 0.2) is 11.7 Å². The molecule has 118 valence electrons. The number of hydrogen-bond donors (Lipinski definition) is 1. The Morgan fingerprint density at radius 1 is 1.23 bits per heavy atom. The maximum Gasteiger partial charge on any atom is 0.285 e. The average molecular weight is 320 g/mol. The number of nitrogens with zero attached hydrogens (tertiary/aromatic N) is 1. The van der Waals surface area contributed by atoms with E-state index < -0.39 is 11.3 Å². The molecule has 2 aromatic rings. The van der Waals surface area contributed by atoms with Crippen molar-refractivity contribution in [2.45, 2.75) is 44.9 Å². The monoisotopic (exact) mass is 320 g/mol. The number of oxazole rings is 1. The first kappa shape index (κ1) is 15.2. The second-order valence-electron chi connectivity index (χ2n) is 5.65. The highest BCUT2D eigenvalue weighted by Gasteiger charge is 2.24. The zero-order chi connectivity index (χ0) is 15.5. The largest absolute Gasteiger partial charge is 0.441 e. The van der Waals surface area contributed by atoms with Gasteiger partial charge < -0.3 is 8.60 Å². The number of benzene rings is 1. The van der Waals surface area contributed by atoms with Crippen LogP contribution in [-0.2, 0) is 11.3 Å². The molecule has 0 bridgehead atoms. The van der Waals surface area contributed by atoms with Crippen molar-refractivity contribution >= 4 is 11.3 Å². The van der Waals surface area contributed by atoms with Gasteiger partial charge in [-0.3, -0.25) is 0 Å². The minimum absolute atomic E-state index is 0.472. The van der Waals surface area contributed by atoms with Crippen LogP contribution in [-0.4, -0.2) is 9.19 Å². The van der Waals surface area contributed by atoms with E-state index in [1.54, 1.807) is 12.1 Å². The zero-order valence-electron chi connectivity index (χ0n) is 12.6. The Bertz CT molecular complexity index is 661.